The molecule has 7 nitrogen and oxygen atoms in total. The molecule has 2 N–H and O–H groups in total. The van der Waals surface area contributed by atoms with E-state index in [-0.39, 0.29) is 6.03 Å². The largest absolute Gasteiger partial charge is 0.416 e. The van der Waals surface area contributed by atoms with Gasteiger partial charge in [0.15, 0.2) is 0 Å². The van der Waals surface area contributed by atoms with Crippen LogP contribution in [0.5, 0.6) is 0 Å². The van der Waals surface area contributed by atoms with Crippen molar-refractivity contribution >= 4 is 22.6 Å². The molecule has 0 aliphatic carbocycles. The van der Waals surface area contributed by atoms with Crippen molar-refractivity contribution in [2.45, 2.75) is 43.7 Å². The molecule has 222 valence electrons. The standard InChI is InChI=1S/C32H29F4N5O2/c1-19-8-10-41(29(42)39-19)24-14-25-27(38-16-24)7-6-26(28(25)33)31-9-11-40(18-30(31,2)43-31)17-23-13-21(15-37-23)20-4-3-5-22(12-20)32(34,35)36/h3-7,12-16,37H,1,8-11,17-18H2,2H3,(H,39,42). The number of rotatable bonds is 5. The number of benzene rings is 2. The number of carbonyl (C=O) groups is 1. The number of hydrogen-bond donors (Lipinski definition) is 2. The quantitative estimate of drug-likeness (QED) is 0.200. The van der Waals surface area contributed by atoms with Gasteiger partial charge in [0.25, 0.3) is 0 Å². The van der Waals surface area contributed by atoms with Crippen LogP contribution in [0.1, 0.15) is 36.6 Å². The molecule has 3 saturated heterocycles. The average molecular weight is 592 g/mol. The van der Waals surface area contributed by atoms with E-state index >= 15 is 4.39 Å². The lowest BCUT2D eigenvalue weighted by molar-refractivity contribution is -0.137. The normalized spacial score (nSPS) is 24.3. The molecule has 2 aromatic heterocycles. The summed E-state index contributed by atoms with van der Waals surface area (Å²) < 4.78 is 62.0. The number of urea groups is 1. The van der Waals surface area contributed by atoms with E-state index in [0.29, 0.717) is 78.0 Å². The molecule has 3 aliphatic heterocycles. The van der Waals surface area contributed by atoms with Gasteiger partial charge in [-0.3, -0.25) is 14.8 Å². The Morgan fingerprint density at radius 2 is 1.95 bits per heavy atom. The Kier molecular flexibility index (Phi) is 6.19. The van der Waals surface area contributed by atoms with Gasteiger partial charge < -0.3 is 15.0 Å². The van der Waals surface area contributed by atoms with Gasteiger partial charge in [-0.1, -0.05) is 24.8 Å². The number of piperidine rings is 1. The third-order valence-electron chi connectivity index (χ3n) is 8.88. The first-order valence-corrected chi connectivity index (χ1v) is 14.1. The fourth-order valence-corrected chi connectivity index (χ4v) is 6.57. The van der Waals surface area contributed by atoms with E-state index in [1.807, 2.05) is 13.0 Å². The lowest BCUT2D eigenvalue weighted by atomic mass is 9.80. The minimum absolute atomic E-state index is 0.318. The van der Waals surface area contributed by atoms with Crippen LogP contribution in [0.3, 0.4) is 0 Å². The highest BCUT2D eigenvalue weighted by atomic mass is 19.4. The number of anilines is 1. The number of aromatic amines is 1. The van der Waals surface area contributed by atoms with Gasteiger partial charge in [-0.15, -0.1) is 0 Å². The number of aromatic nitrogens is 2. The van der Waals surface area contributed by atoms with Crippen LogP contribution < -0.4 is 10.2 Å². The van der Waals surface area contributed by atoms with E-state index in [9.17, 15) is 18.0 Å². The summed E-state index contributed by atoms with van der Waals surface area (Å²) in [5, 5.41) is 3.04. The number of alkyl halides is 3. The highest BCUT2D eigenvalue weighted by Gasteiger charge is 2.70. The zero-order valence-electron chi connectivity index (χ0n) is 23.4. The van der Waals surface area contributed by atoms with Crippen molar-refractivity contribution in [1.82, 2.24) is 20.2 Å². The number of epoxide rings is 1. The summed E-state index contributed by atoms with van der Waals surface area (Å²) in [7, 11) is 0. The molecule has 0 spiro atoms. The predicted octanol–water partition coefficient (Wildman–Crippen LogP) is 6.71. The third-order valence-corrected chi connectivity index (χ3v) is 8.88. The number of fused-ring (bicyclic) bond motifs is 2. The summed E-state index contributed by atoms with van der Waals surface area (Å²) in [5.41, 5.74) is 2.08. The maximum Gasteiger partial charge on any atom is 0.416 e. The number of carbonyl (C=O) groups excluding carboxylic acids is 1. The van der Waals surface area contributed by atoms with Crippen LogP contribution in [-0.2, 0) is 23.1 Å². The lowest BCUT2D eigenvalue weighted by Crippen LogP contribution is -2.45. The molecule has 7 rings (SSSR count). The monoisotopic (exact) mass is 591 g/mol. The number of pyridine rings is 1. The Bertz CT molecular complexity index is 1790. The van der Waals surface area contributed by atoms with Crippen molar-refractivity contribution < 1.29 is 27.1 Å². The first kappa shape index (κ1) is 27.6. The van der Waals surface area contributed by atoms with Gasteiger partial charge in [0.1, 0.15) is 17.0 Å². The predicted molar refractivity (Wildman–Crippen MR) is 154 cm³/mol. The Hall–Kier alpha value is -4.22. The second kappa shape index (κ2) is 9.65. The average Bonchev–Trinajstić information content (AvgIpc) is 3.33. The number of halogens is 4. The highest BCUT2D eigenvalue weighted by Crippen LogP contribution is 2.61. The summed E-state index contributed by atoms with van der Waals surface area (Å²) in [5.74, 6) is -0.402. The van der Waals surface area contributed by atoms with Crippen LogP contribution >= 0.6 is 0 Å². The smallest absolute Gasteiger partial charge is 0.363 e. The minimum atomic E-state index is -4.40. The maximum atomic E-state index is 16.2. The zero-order chi connectivity index (χ0) is 30.1. The fourth-order valence-electron chi connectivity index (χ4n) is 6.57. The summed E-state index contributed by atoms with van der Waals surface area (Å²) in [6, 6.07) is 12.0. The molecular weight excluding hydrogens is 562 g/mol. The van der Waals surface area contributed by atoms with Crippen molar-refractivity contribution in [1.29, 1.82) is 0 Å². The summed E-state index contributed by atoms with van der Waals surface area (Å²) in [6.07, 6.45) is 0.0377. The molecule has 4 aromatic rings. The van der Waals surface area contributed by atoms with Crippen LogP contribution in [-0.4, -0.2) is 46.1 Å². The summed E-state index contributed by atoms with van der Waals surface area (Å²) in [6.45, 7) is 7.96. The molecule has 3 aliphatic rings. The molecule has 2 atom stereocenters. The number of ether oxygens (including phenoxy) is 1. The Morgan fingerprint density at radius 1 is 1.12 bits per heavy atom. The van der Waals surface area contributed by atoms with E-state index in [0.717, 1.165) is 17.8 Å². The van der Waals surface area contributed by atoms with E-state index in [1.54, 1.807) is 36.7 Å². The second-order valence-electron chi connectivity index (χ2n) is 11.7. The van der Waals surface area contributed by atoms with Gasteiger partial charge in [0, 0.05) is 61.1 Å². The molecule has 2 unspecified atom stereocenters. The molecule has 43 heavy (non-hydrogen) atoms. The molecule has 2 aromatic carbocycles. The summed E-state index contributed by atoms with van der Waals surface area (Å²) in [4.78, 5) is 23.8. The van der Waals surface area contributed by atoms with Crippen molar-refractivity contribution in [3.8, 4) is 11.1 Å². The molecule has 2 amide bonds. The molecule has 5 heterocycles. The van der Waals surface area contributed by atoms with Crippen molar-refractivity contribution in [3.63, 3.8) is 0 Å². The van der Waals surface area contributed by atoms with Gasteiger partial charge in [-0.05, 0) is 54.8 Å². The van der Waals surface area contributed by atoms with Crippen molar-refractivity contribution in [3.05, 3.63) is 95.8 Å². The topological polar surface area (TPSA) is 76.8 Å². The molecule has 0 bridgehead atoms. The molecule has 0 radical (unpaired) electrons. The molecule has 11 heteroatoms. The number of nitrogens with one attached hydrogen (secondary N) is 2. The van der Waals surface area contributed by atoms with Crippen LogP contribution in [0.4, 0.5) is 28.0 Å². The maximum absolute atomic E-state index is 16.2. The SMILES string of the molecule is C=C1CCN(c2cnc3ccc(C45CCN(Cc6cc(-c7cccc(C(F)(F)F)c7)c[nH]6)CC4(C)O5)c(F)c3c2)C(=O)N1. The van der Waals surface area contributed by atoms with Crippen LogP contribution in [0.2, 0.25) is 0 Å². The number of nitrogens with zero attached hydrogens (tertiary/aromatic N) is 3. The van der Waals surface area contributed by atoms with Gasteiger partial charge in [0.05, 0.1) is 23.0 Å². The van der Waals surface area contributed by atoms with Crippen LogP contribution in [0.15, 0.2) is 73.2 Å². The van der Waals surface area contributed by atoms with Crippen LogP contribution in [0, 0.1) is 5.82 Å². The molecule has 3 fully saturated rings. The zero-order valence-corrected chi connectivity index (χ0v) is 23.4. The first-order chi connectivity index (χ1) is 20.5. The Balaban J connectivity index is 1.09. The van der Waals surface area contributed by atoms with E-state index < -0.39 is 28.8 Å². The number of likely N-dealkylation sites (tertiary alicyclic amines) is 1. The molecule has 0 saturated carbocycles. The van der Waals surface area contributed by atoms with Crippen molar-refractivity contribution in [2.75, 3.05) is 24.5 Å². The molecular formula is C32H29F4N5O2. The number of H-pyrrole nitrogens is 1. The number of hydrogen-bond acceptors (Lipinski definition) is 4. The summed E-state index contributed by atoms with van der Waals surface area (Å²) >= 11 is 0. The van der Waals surface area contributed by atoms with Crippen molar-refractivity contribution in [2.24, 2.45) is 0 Å². The van der Waals surface area contributed by atoms with Gasteiger partial charge in [-0.2, -0.15) is 13.2 Å². The van der Waals surface area contributed by atoms with Gasteiger partial charge in [0.2, 0.25) is 0 Å². The highest BCUT2D eigenvalue weighted by molar-refractivity contribution is 5.96. The van der Waals surface area contributed by atoms with E-state index in [1.165, 1.54) is 11.0 Å². The number of amides is 2. The van der Waals surface area contributed by atoms with Gasteiger partial charge in [-0.25, -0.2) is 9.18 Å². The van der Waals surface area contributed by atoms with E-state index in [2.05, 4.69) is 26.8 Å². The Morgan fingerprint density at radius 3 is 2.72 bits per heavy atom. The van der Waals surface area contributed by atoms with E-state index in [4.69, 9.17) is 4.74 Å². The minimum Gasteiger partial charge on any atom is -0.363 e. The Labute approximate surface area is 245 Å². The second-order valence-corrected chi connectivity index (χ2v) is 11.7. The van der Waals surface area contributed by atoms with Crippen LogP contribution in [0.25, 0.3) is 22.0 Å². The lowest BCUT2D eigenvalue weighted by Gasteiger charge is -2.32. The first-order valence-electron chi connectivity index (χ1n) is 14.1. The van der Waals surface area contributed by atoms with Gasteiger partial charge >= 0.3 is 12.2 Å². The fraction of sp³-hybridized carbons (Fsp3) is 0.312. The third kappa shape index (κ3) is 4.67.